The van der Waals surface area contributed by atoms with Crippen LogP contribution in [-0.4, -0.2) is 19.8 Å². The number of hydrogen-bond acceptors (Lipinski definition) is 2. The van der Waals surface area contributed by atoms with E-state index in [-0.39, 0.29) is 16.2 Å². The molecule has 2 rings (SSSR count). The molecular formula is C12H14BrF2NO. The monoisotopic (exact) mass is 305 g/mol. The molecule has 0 heterocycles. The smallest absolute Gasteiger partial charge is 0.147 e. The van der Waals surface area contributed by atoms with Crippen LogP contribution in [0.1, 0.15) is 12.8 Å². The lowest BCUT2D eigenvalue weighted by Gasteiger charge is -2.19. The first-order chi connectivity index (χ1) is 8.11. The molecule has 1 atom stereocenters. The van der Waals surface area contributed by atoms with Crippen LogP contribution in [0.25, 0.3) is 0 Å². The van der Waals surface area contributed by atoms with Crippen molar-refractivity contribution in [3.05, 3.63) is 28.2 Å². The largest absolute Gasteiger partial charge is 0.383 e. The van der Waals surface area contributed by atoms with Gasteiger partial charge in [-0.1, -0.05) is 0 Å². The summed E-state index contributed by atoms with van der Waals surface area (Å²) >= 11 is 2.95. The first kappa shape index (κ1) is 12.8. The molecule has 1 aliphatic carbocycles. The second-order valence-electron chi connectivity index (χ2n) is 4.29. The number of anilines is 1. The van der Waals surface area contributed by atoms with Crippen LogP contribution in [0.5, 0.6) is 0 Å². The van der Waals surface area contributed by atoms with Gasteiger partial charge in [0.05, 0.1) is 22.8 Å². The molecule has 2 nitrogen and oxygen atoms in total. The summed E-state index contributed by atoms with van der Waals surface area (Å²) in [5.41, 5.74) is 0.194. The van der Waals surface area contributed by atoms with Gasteiger partial charge in [-0.3, -0.25) is 0 Å². The zero-order chi connectivity index (χ0) is 12.4. The van der Waals surface area contributed by atoms with Gasteiger partial charge in [-0.05, 0) is 40.8 Å². The second-order valence-corrected chi connectivity index (χ2v) is 5.14. The van der Waals surface area contributed by atoms with E-state index >= 15 is 0 Å². The Balaban J connectivity index is 2.13. The Kier molecular flexibility index (Phi) is 3.99. The van der Waals surface area contributed by atoms with Crippen LogP contribution in [0.2, 0.25) is 0 Å². The molecule has 5 heteroatoms. The Morgan fingerprint density at radius 2 is 2.12 bits per heavy atom. The van der Waals surface area contributed by atoms with Gasteiger partial charge in [-0.2, -0.15) is 0 Å². The van der Waals surface area contributed by atoms with Crippen LogP contribution >= 0.6 is 15.9 Å². The number of benzene rings is 1. The molecular weight excluding hydrogens is 292 g/mol. The number of halogens is 3. The van der Waals surface area contributed by atoms with Gasteiger partial charge < -0.3 is 10.1 Å². The van der Waals surface area contributed by atoms with E-state index in [0.717, 1.165) is 18.9 Å². The molecule has 17 heavy (non-hydrogen) atoms. The maximum atomic E-state index is 13.6. The normalized spacial score (nSPS) is 16.9. The minimum atomic E-state index is -0.471. The molecule has 1 N–H and O–H groups in total. The fourth-order valence-electron chi connectivity index (χ4n) is 1.81. The van der Waals surface area contributed by atoms with E-state index in [9.17, 15) is 8.78 Å². The summed E-state index contributed by atoms with van der Waals surface area (Å²) in [4.78, 5) is 0. The quantitative estimate of drug-likeness (QED) is 0.840. The molecule has 0 saturated heterocycles. The third-order valence-corrected chi connectivity index (χ3v) is 3.50. The highest BCUT2D eigenvalue weighted by molar-refractivity contribution is 9.10. The second kappa shape index (κ2) is 5.31. The zero-order valence-electron chi connectivity index (χ0n) is 9.47. The third-order valence-electron chi connectivity index (χ3n) is 2.89. The molecule has 0 aliphatic heterocycles. The Morgan fingerprint density at radius 3 is 2.71 bits per heavy atom. The van der Waals surface area contributed by atoms with Gasteiger partial charge in [0.1, 0.15) is 11.6 Å². The Hall–Kier alpha value is -0.680. The molecule has 1 saturated carbocycles. The van der Waals surface area contributed by atoms with Gasteiger partial charge in [0.15, 0.2) is 0 Å². The molecule has 1 fully saturated rings. The van der Waals surface area contributed by atoms with Gasteiger partial charge in [0, 0.05) is 13.2 Å². The van der Waals surface area contributed by atoms with Crippen molar-refractivity contribution in [1.29, 1.82) is 0 Å². The van der Waals surface area contributed by atoms with Crippen LogP contribution in [0.15, 0.2) is 16.6 Å². The number of ether oxygens (including phenoxy) is 1. The molecule has 94 valence electrons. The van der Waals surface area contributed by atoms with Crippen LogP contribution < -0.4 is 5.32 Å². The first-order valence-corrected chi connectivity index (χ1v) is 6.31. The topological polar surface area (TPSA) is 21.3 Å². The fourth-order valence-corrected chi connectivity index (χ4v) is 2.12. The minimum Gasteiger partial charge on any atom is -0.383 e. The zero-order valence-corrected chi connectivity index (χ0v) is 11.1. The Bertz CT molecular complexity index is 410. The van der Waals surface area contributed by atoms with Crippen molar-refractivity contribution in [3.63, 3.8) is 0 Å². The van der Waals surface area contributed by atoms with E-state index < -0.39 is 11.6 Å². The SMILES string of the molecule is COCC(Nc1cc(F)c(Br)cc1F)C1CC1. The van der Waals surface area contributed by atoms with Crippen LogP contribution in [-0.2, 0) is 4.74 Å². The summed E-state index contributed by atoms with van der Waals surface area (Å²) in [5, 5.41) is 3.02. The predicted octanol–water partition coefficient (Wildman–Crippen LogP) is 3.56. The van der Waals surface area contributed by atoms with Crippen molar-refractivity contribution >= 4 is 21.6 Å². The highest BCUT2D eigenvalue weighted by atomic mass is 79.9. The van der Waals surface area contributed by atoms with E-state index in [1.165, 1.54) is 6.07 Å². The van der Waals surface area contributed by atoms with Crippen molar-refractivity contribution in [1.82, 2.24) is 0 Å². The average molecular weight is 306 g/mol. The summed E-state index contributed by atoms with van der Waals surface area (Å²) in [6.07, 6.45) is 2.23. The van der Waals surface area contributed by atoms with E-state index in [4.69, 9.17) is 4.74 Å². The number of methoxy groups -OCH3 is 1. The van der Waals surface area contributed by atoms with Crippen molar-refractivity contribution in [2.45, 2.75) is 18.9 Å². The molecule has 1 aliphatic rings. The summed E-state index contributed by atoms with van der Waals surface area (Å²) in [5.74, 6) is -0.429. The predicted molar refractivity (Wildman–Crippen MR) is 66.1 cm³/mol. The highest BCUT2D eigenvalue weighted by Crippen LogP contribution is 2.35. The molecule has 1 unspecified atom stereocenters. The molecule has 1 aromatic carbocycles. The summed E-state index contributed by atoms with van der Waals surface area (Å²) in [6, 6.07) is 2.36. The standard InChI is InChI=1S/C12H14BrF2NO/c1-17-6-12(7-2-3-7)16-11-5-9(14)8(13)4-10(11)15/h4-5,7,12,16H,2-3,6H2,1H3. The van der Waals surface area contributed by atoms with Crippen molar-refractivity contribution in [2.75, 3.05) is 19.0 Å². The van der Waals surface area contributed by atoms with E-state index in [2.05, 4.69) is 21.2 Å². The van der Waals surface area contributed by atoms with Crippen molar-refractivity contribution in [3.8, 4) is 0 Å². The maximum absolute atomic E-state index is 13.6. The molecule has 0 radical (unpaired) electrons. The van der Waals surface area contributed by atoms with E-state index in [0.29, 0.717) is 12.5 Å². The third kappa shape index (κ3) is 3.16. The molecule has 1 aromatic rings. The van der Waals surface area contributed by atoms with Crippen LogP contribution in [0, 0.1) is 17.6 Å². The Labute approximate surface area is 107 Å². The fraction of sp³-hybridized carbons (Fsp3) is 0.500. The Morgan fingerprint density at radius 1 is 1.41 bits per heavy atom. The minimum absolute atomic E-state index is 0.0510. The molecule has 0 bridgehead atoms. The number of nitrogens with one attached hydrogen (secondary N) is 1. The van der Waals surface area contributed by atoms with Gasteiger partial charge in [-0.15, -0.1) is 0 Å². The van der Waals surface area contributed by atoms with Gasteiger partial charge >= 0.3 is 0 Å². The molecule has 0 amide bonds. The lowest BCUT2D eigenvalue weighted by atomic mass is 10.2. The van der Waals surface area contributed by atoms with Crippen LogP contribution in [0.4, 0.5) is 14.5 Å². The summed E-state index contributed by atoms with van der Waals surface area (Å²) in [6.45, 7) is 0.502. The number of hydrogen-bond donors (Lipinski definition) is 1. The molecule has 0 aromatic heterocycles. The lowest BCUT2D eigenvalue weighted by Crippen LogP contribution is -2.27. The average Bonchev–Trinajstić information content (AvgIpc) is 3.08. The van der Waals surface area contributed by atoms with Crippen LogP contribution in [0.3, 0.4) is 0 Å². The van der Waals surface area contributed by atoms with Crippen molar-refractivity contribution < 1.29 is 13.5 Å². The summed E-state index contributed by atoms with van der Waals surface area (Å²) in [7, 11) is 1.61. The molecule has 0 spiro atoms. The lowest BCUT2D eigenvalue weighted by molar-refractivity contribution is 0.179. The summed E-state index contributed by atoms with van der Waals surface area (Å²) < 4.78 is 32.2. The van der Waals surface area contributed by atoms with Gasteiger partial charge in [0.25, 0.3) is 0 Å². The van der Waals surface area contributed by atoms with E-state index in [1.807, 2.05) is 0 Å². The van der Waals surface area contributed by atoms with E-state index in [1.54, 1.807) is 7.11 Å². The highest BCUT2D eigenvalue weighted by Gasteiger charge is 2.31. The maximum Gasteiger partial charge on any atom is 0.147 e. The van der Waals surface area contributed by atoms with Gasteiger partial charge in [-0.25, -0.2) is 8.78 Å². The van der Waals surface area contributed by atoms with Crippen molar-refractivity contribution in [2.24, 2.45) is 5.92 Å². The van der Waals surface area contributed by atoms with Gasteiger partial charge in [0.2, 0.25) is 0 Å². The number of rotatable bonds is 5. The first-order valence-electron chi connectivity index (χ1n) is 5.52.